The van der Waals surface area contributed by atoms with Gasteiger partial charge in [0.2, 0.25) is 0 Å². The number of furan rings is 1. The van der Waals surface area contributed by atoms with Crippen molar-refractivity contribution in [2.45, 2.75) is 0 Å². The van der Waals surface area contributed by atoms with Crippen molar-refractivity contribution in [3.8, 4) is 55.6 Å². The third kappa shape index (κ3) is 6.70. The van der Waals surface area contributed by atoms with Crippen molar-refractivity contribution in [1.82, 2.24) is 0 Å². The van der Waals surface area contributed by atoms with Crippen molar-refractivity contribution >= 4 is 60.5 Å². The predicted molar refractivity (Wildman–Crippen MR) is 271 cm³/mol. The Bertz CT molecular complexity index is 3500. The van der Waals surface area contributed by atoms with E-state index in [1.54, 1.807) is 0 Å². The zero-order chi connectivity index (χ0) is 42.4. The number of hydrogen-bond acceptors (Lipinski definition) is 2. The number of hydrogen-bond donors (Lipinski definition) is 0. The second-order valence-corrected chi connectivity index (χ2v) is 16.5. The topological polar surface area (TPSA) is 16.4 Å². The molecule has 0 unspecified atom stereocenters. The molecule has 12 aromatic rings. The Balaban J connectivity index is 0.952. The van der Waals surface area contributed by atoms with E-state index in [-0.39, 0.29) is 0 Å². The lowest BCUT2D eigenvalue weighted by Gasteiger charge is -2.26. The summed E-state index contributed by atoms with van der Waals surface area (Å²) >= 11 is 0. The summed E-state index contributed by atoms with van der Waals surface area (Å²) in [6.07, 6.45) is 0. The molecule has 0 aliphatic rings. The minimum absolute atomic E-state index is 0.902. The Morgan fingerprint density at radius 3 is 1.19 bits per heavy atom. The van der Waals surface area contributed by atoms with Crippen LogP contribution in [0.25, 0.3) is 99.1 Å². The molecule has 0 bridgehead atoms. The number of fused-ring (bicyclic) bond motifs is 7. The van der Waals surface area contributed by atoms with Crippen LogP contribution in [0, 0.1) is 0 Å². The first-order valence-electron chi connectivity index (χ1n) is 21.9. The fraction of sp³-hybridized carbons (Fsp3) is 0. The van der Waals surface area contributed by atoms with Crippen LogP contribution in [0.2, 0.25) is 0 Å². The third-order valence-electron chi connectivity index (χ3n) is 12.6. The molecule has 1 heterocycles. The molecule has 1 aromatic heterocycles. The largest absolute Gasteiger partial charge is 0.455 e. The lowest BCUT2D eigenvalue weighted by molar-refractivity contribution is 0.670. The number of anilines is 3. The van der Waals surface area contributed by atoms with Crippen LogP contribution in [-0.4, -0.2) is 0 Å². The van der Waals surface area contributed by atoms with Gasteiger partial charge in [0.25, 0.3) is 0 Å². The molecular formula is C62H41NO. The highest BCUT2D eigenvalue weighted by Crippen LogP contribution is 2.45. The molecule has 0 atom stereocenters. The SMILES string of the molecule is c1ccc(-c2cccc(-c3ccc(N(c4ccc(-c5cccc(-c6ccccc6)c5)cc4)c4ccc(-c5cc6ccccc6c6c5oc5ccc7ccccc7c56)cc4)cc3)c2)cc1. The molecule has 0 radical (unpaired) electrons. The van der Waals surface area contributed by atoms with E-state index in [9.17, 15) is 0 Å². The van der Waals surface area contributed by atoms with Crippen molar-refractivity contribution in [3.05, 3.63) is 249 Å². The van der Waals surface area contributed by atoms with E-state index in [1.165, 1.54) is 71.4 Å². The first-order chi connectivity index (χ1) is 31.7. The van der Waals surface area contributed by atoms with Crippen LogP contribution in [0.4, 0.5) is 17.1 Å². The molecule has 0 aliphatic carbocycles. The summed E-state index contributed by atoms with van der Waals surface area (Å²) in [5, 5.41) is 7.13. The van der Waals surface area contributed by atoms with Crippen LogP contribution >= 0.6 is 0 Å². The van der Waals surface area contributed by atoms with E-state index in [0.29, 0.717) is 0 Å². The highest BCUT2D eigenvalue weighted by atomic mass is 16.3. The molecule has 12 rings (SSSR count). The Hall–Kier alpha value is -8.46. The van der Waals surface area contributed by atoms with E-state index >= 15 is 0 Å². The van der Waals surface area contributed by atoms with Crippen molar-refractivity contribution < 1.29 is 4.42 Å². The summed E-state index contributed by atoms with van der Waals surface area (Å²) in [4.78, 5) is 2.35. The van der Waals surface area contributed by atoms with Gasteiger partial charge in [0.15, 0.2) is 0 Å². The Labute approximate surface area is 372 Å². The van der Waals surface area contributed by atoms with Gasteiger partial charge in [-0.1, -0.05) is 188 Å². The van der Waals surface area contributed by atoms with Crippen molar-refractivity contribution in [3.63, 3.8) is 0 Å². The second kappa shape index (κ2) is 15.8. The molecule has 2 nitrogen and oxygen atoms in total. The van der Waals surface area contributed by atoms with Crippen LogP contribution in [0.15, 0.2) is 253 Å². The Kier molecular flexibility index (Phi) is 9.20. The maximum atomic E-state index is 6.82. The molecule has 0 saturated heterocycles. The lowest BCUT2D eigenvalue weighted by Crippen LogP contribution is -2.09. The van der Waals surface area contributed by atoms with Crippen LogP contribution in [0.1, 0.15) is 0 Å². The van der Waals surface area contributed by atoms with Crippen LogP contribution < -0.4 is 4.90 Å². The van der Waals surface area contributed by atoms with E-state index in [2.05, 4.69) is 254 Å². The normalized spacial score (nSPS) is 11.4. The van der Waals surface area contributed by atoms with E-state index in [1.807, 2.05) is 0 Å². The molecule has 11 aromatic carbocycles. The van der Waals surface area contributed by atoms with Gasteiger partial charge in [-0.05, 0) is 132 Å². The molecule has 0 spiro atoms. The molecule has 0 amide bonds. The minimum atomic E-state index is 0.902. The zero-order valence-electron chi connectivity index (χ0n) is 35.0. The van der Waals surface area contributed by atoms with Gasteiger partial charge in [-0.15, -0.1) is 0 Å². The van der Waals surface area contributed by atoms with Gasteiger partial charge in [0.05, 0.1) is 0 Å². The molecule has 64 heavy (non-hydrogen) atoms. The third-order valence-corrected chi connectivity index (χ3v) is 12.6. The van der Waals surface area contributed by atoms with Gasteiger partial charge in [-0.2, -0.15) is 0 Å². The average Bonchev–Trinajstić information content (AvgIpc) is 3.78. The van der Waals surface area contributed by atoms with Gasteiger partial charge in [0, 0.05) is 33.4 Å². The number of rotatable bonds is 8. The van der Waals surface area contributed by atoms with Crippen molar-refractivity contribution in [1.29, 1.82) is 0 Å². The molecular weight excluding hydrogens is 775 g/mol. The summed E-state index contributed by atoms with van der Waals surface area (Å²) in [5.41, 5.74) is 16.8. The smallest absolute Gasteiger partial charge is 0.143 e. The molecule has 300 valence electrons. The predicted octanol–water partition coefficient (Wildman–Crippen LogP) is 17.7. The van der Waals surface area contributed by atoms with E-state index in [0.717, 1.165) is 44.7 Å². The van der Waals surface area contributed by atoms with Crippen LogP contribution in [-0.2, 0) is 0 Å². The fourth-order valence-electron chi connectivity index (χ4n) is 9.46. The number of nitrogens with zero attached hydrogens (tertiary/aromatic N) is 1. The summed E-state index contributed by atoms with van der Waals surface area (Å²) in [5.74, 6) is 0. The highest BCUT2D eigenvalue weighted by Gasteiger charge is 2.20. The molecule has 2 heteroatoms. The molecule has 0 aliphatic heterocycles. The van der Waals surface area contributed by atoms with Crippen molar-refractivity contribution in [2.75, 3.05) is 4.90 Å². The summed E-state index contributed by atoms with van der Waals surface area (Å²) in [6, 6.07) is 89.4. The quantitative estimate of drug-likeness (QED) is 0.152. The first kappa shape index (κ1) is 37.3. The molecule has 0 fully saturated rings. The maximum absolute atomic E-state index is 6.82. The lowest BCUT2D eigenvalue weighted by atomic mass is 9.94. The second-order valence-electron chi connectivity index (χ2n) is 16.5. The molecule has 0 N–H and O–H groups in total. The van der Waals surface area contributed by atoms with E-state index in [4.69, 9.17) is 4.42 Å². The van der Waals surface area contributed by atoms with Gasteiger partial charge in [-0.25, -0.2) is 0 Å². The first-order valence-corrected chi connectivity index (χ1v) is 21.9. The maximum Gasteiger partial charge on any atom is 0.143 e. The standard InChI is InChI=1S/C62H41NO/c1-3-13-42(14-4-1)48-19-11-21-50(39-48)44-25-32-53(33-26-44)63(54-34-27-45(28-35-54)51-22-12-20-49(40-51)43-15-5-2-6-16-43)55-36-29-47(30-37-55)58-41-52-18-8-10-24-57(52)61-60-56-23-9-7-17-46(56)31-38-59(60)64-62(58)61/h1-41H. The summed E-state index contributed by atoms with van der Waals surface area (Å²) in [7, 11) is 0. The zero-order valence-corrected chi connectivity index (χ0v) is 35.0. The van der Waals surface area contributed by atoms with Gasteiger partial charge in [-0.3, -0.25) is 0 Å². The van der Waals surface area contributed by atoms with E-state index < -0.39 is 0 Å². The fourth-order valence-corrected chi connectivity index (χ4v) is 9.46. The highest BCUT2D eigenvalue weighted by molar-refractivity contribution is 6.28. The average molecular weight is 816 g/mol. The molecule has 0 saturated carbocycles. The van der Waals surface area contributed by atoms with Gasteiger partial charge in [0.1, 0.15) is 11.2 Å². The Morgan fingerprint density at radius 2 is 0.672 bits per heavy atom. The van der Waals surface area contributed by atoms with Crippen LogP contribution in [0.5, 0.6) is 0 Å². The van der Waals surface area contributed by atoms with Gasteiger partial charge >= 0.3 is 0 Å². The monoisotopic (exact) mass is 815 g/mol. The Morgan fingerprint density at radius 1 is 0.266 bits per heavy atom. The minimum Gasteiger partial charge on any atom is -0.455 e. The summed E-state index contributed by atoms with van der Waals surface area (Å²) in [6.45, 7) is 0. The van der Waals surface area contributed by atoms with Crippen LogP contribution in [0.3, 0.4) is 0 Å². The van der Waals surface area contributed by atoms with Gasteiger partial charge < -0.3 is 9.32 Å². The number of benzene rings is 11. The summed E-state index contributed by atoms with van der Waals surface area (Å²) < 4.78 is 6.82. The van der Waals surface area contributed by atoms with Crippen molar-refractivity contribution in [2.24, 2.45) is 0 Å².